The lowest BCUT2D eigenvalue weighted by Crippen LogP contribution is -2.03. The first kappa shape index (κ1) is 12.3. The van der Waals surface area contributed by atoms with E-state index in [2.05, 4.69) is 0 Å². The summed E-state index contributed by atoms with van der Waals surface area (Å²) in [6, 6.07) is 11.7. The number of hydrogen-bond acceptors (Lipinski definition) is 1. The van der Waals surface area contributed by atoms with E-state index in [0.717, 1.165) is 5.56 Å². The number of halogens is 1. The van der Waals surface area contributed by atoms with Gasteiger partial charge in [-0.3, -0.25) is 0 Å². The van der Waals surface area contributed by atoms with Crippen molar-refractivity contribution in [1.82, 2.24) is 0 Å². The molecule has 0 aromatic heterocycles. The largest absolute Gasteiger partial charge is 0.478 e. The third-order valence-corrected chi connectivity index (χ3v) is 2.88. The molecule has 2 aromatic rings. The van der Waals surface area contributed by atoms with Gasteiger partial charge in [-0.25, -0.2) is 9.18 Å². The molecule has 92 valence electrons. The molecule has 0 saturated heterocycles. The summed E-state index contributed by atoms with van der Waals surface area (Å²) in [5, 5.41) is 9.07. The molecule has 18 heavy (non-hydrogen) atoms. The van der Waals surface area contributed by atoms with Crippen LogP contribution in [0.2, 0.25) is 0 Å². The Balaban J connectivity index is 2.34. The molecule has 2 aromatic carbocycles. The van der Waals surface area contributed by atoms with Crippen LogP contribution < -0.4 is 0 Å². The van der Waals surface area contributed by atoms with E-state index in [1.165, 1.54) is 6.07 Å². The van der Waals surface area contributed by atoms with Crippen LogP contribution in [0.3, 0.4) is 0 Å². The van der Waals surface area contributed by atoms with Gasteiger partial charge in [-0.2, -0.15) is 0 Å². The van der Waals surface area contributed by atoms with Crippen LogP contribution in [-0.4, -0.2) is 11.1 Å². The molecule has 0 fully saturated rings. The van der Waals surface area contributed by atoms with E-state index in [1.807, 2.05) is 6.07 Å². The van der Waals surface area contributed by atoms with Gasteiger partial charge >= 0.3 is 5.97 Å². The van der Waals surface area contributed by atoms with Gasteiger partial charge in [0.1, 0.15) is 5.82 Å². The molecule has 0 bridgehead atoms. The topological polar surface area (TPSA) is 37.3 Å². The van der Waals surface area contributed by atoms with Crippen molar-refractivity contribution < 1.29 is 14.3 Å². The Labute approximate surface area is 105 Å². The van der Waals surface area contributed by atoms with E-state index in [9.17, 15) is 9.18 Å². The number of carbonyl (C=O) groups is 1. The SMILES string of the molecule is Cc1ccc(Cc2ccccc2C(=O)O)cc1F. The number of aromatic carboxylic acids is 1. The second-order valence-electron chi connectivity index (χ2n) is 4.22. The standard InChI is InChI=1S/C15H13FO2/c1-10-6-7-11(9-14(10)16)8-12-4-2-3-5-13(12)15(17)18/h2-7,9H,8H2,1H3,(H,17,18). The zero-order valence-electron chi connectivity index (χ0n) is 9.98. The minimum atomic E-state index is -0.960. The minimum Gasteiger partial charge on any atom is -0.478 e. The van der Waals surface area contributed by atoms with Crippen molar-refractivity contribution >= 4 is 5.97 Å². The molecule has 0 unspecified atom stereocenters. The fraction of sp³-hybridized carbons (Fsp3) is 0.133. The van der Waals surface area contributed by atoms with Crippen molar-refractivity contribution in [2.75, 3.05) is 0 Å². The first-order valence-corrected chi connectivity index (χ1v) is 5.64. The Hall–Kier alpha value is -2.16. The molecule has 0 atom stereocenters. The van der Waals surface area contributed by atoms with Crippen molar-refractivity contribution in [2.24, 2.45) is 0 Å². The van der Waals surface area contributed by atoms with Crippen LogP contribution in [-0.2, 0) is 6.42 Å². The third-order valence-electron chi connectivity index (χ3n) is 2.88. The van der Waals surface area contributed by atoms with Crippen LogP contribution in [0.25, 0.3) is 0 Å². The lowest BCUT2D eigenvalue weighted by Gasteiger charge is -2.07. The first-order chi connectivity index (χ1) is 8.58. The van der Waals surface area contributed by atoms with Gasteiger partial charge < -0.3 is 5.11 Å². The Morgan fingerprint density at radius 2 is 1.94 bits per heavy atom. The molecular formula is C15H13FO2. The van der Waals surface area contributed by atoms with Gasteiger partial charge in [0.25, 0.3) is 0 Å². The van der Waals surface area contributed by atoms with Crippen molar-refractivity contribution in [3.05, 3.63) is 70.5 Å². The van der Waals surface area contributed by atoms with Gasteiger partial charge in [-0.15, -0.1) is 0 Å². The lowest BCUT2D eigenvalue weighted by molar-refractivity contribution is 0.0696. The zero-order chi connectivity index (χ0) is 13.1. The number of carboxylic acids is 1. The highest BCUT2D eigenvalue weighted by Gasteiger charge is 2.09. The summed E-state index contributed by atoms with van der Waals surface area (Å²) >= 11 is 0. The molecule has 3 heteroatoms. The third kappa shape index (κ3) is 2.56. The van der Waals surface area contributed by atoms with Crippen LogP contribution in [0.15, 0.2) is 42.5 Å². The quantitative estimate of drug-likeness (QED) is 0.898. The smallest absolute Gasteiger partial charge is 0.335 e. The molecule has 0 radical (unpaired) electrons. The fourth-order valence-electron chi connectivity index (χ4n) is 1.85. The van der Waals surface area contributed by atoms with Crippen LogP contribution in [0, 0.1) is 12.7 Å². The van der Waals surface area contributed by atoms with Gasteiger partial charge in [0.2, 0.25) is 0 Å². The van der Waals surface area contributed by atoms with Gasteiger partial charge in [0, 0.05) is 0 Å². The average Bonchev–Trinajstić information content (AvgIpc) is 2.34. The Kier molecular flexibility index (Phi) is 3.42. The molecule has 2 rings (SSSR count). The molecule has 0 aliphatic heterocycles. The van der Waals surface area contributed by atoms with Crippen LogP contribution >= 0.6 is 0 Å². The predicted octanol–water partition coefficient (Wildman–Crippen LogP) is 3.42. The predicted molar refractivity (Wildman–Crippen MR) is 67.3 cm³/mol. The molecule has 0 saturated carbocycles. The number of benzene rings is 2. The van der Waals surface area contributed by atoms with Crippen LogP contribution in [0.5, 0.6) is 0 Å². The number of hydrogen-bond donors (Lipinski definition) is 1. The molecule has 0 aliphatic carbocycles. The van der Waals surface area contributed by atoms with Crippen LogP contribution in [0.4, 0.5) is 4.39 Å². The second-order valence-corrected chi connectivity index (χ2v) is 4.22. The summed E-state index contributed by atoms with van der Waals surface area (Å²) in [6.07, 6.45) is 0.416. The highest BCUT2D eigenvalue weighted by atomic mass is 19.1. The summed E-state index contributed by atoms with van der Waals surface area (Å²) in [7, 11) is 0. The Bertz CT molecular complexity index is 591. The maximum atomic E-state index is 13.4. The molecule has 0 spiro atoms. The molecule has 0 amide bonds. The molecule has 0 aliphatic rings. The van der Waals surface area contributed by atoms with Crippen molar-refractivity contribution in [1.29, 1.82) is 0 Å². The van der Waals surface area contributed by atoms with Crippen molar-refractivity contribution in [3.8, 4) is 0 Å². The molecule has 1 N–H and O–H groups in total. The summed E-state index contributed by atoms with van der Waals surface area (Å²) in [4.78, 5) is 11.1. The maximum Gasteiger partial charge on any atom is 0.335 e. The molecular weight excluding hydrogens is 231 g/mol. The lowest BCUT2D eigenvalue weighted by atomic mass is 9.99. The second kappa shape index (κ2) is 5.00. The van der Waals surface area contributed by atoms with Gasteiger partial charge in [-0.1, -0.05) is 30.3 Å². The molecule has 2 nitrogen and oxygen atoms in total. The monoisotopic (exact) mass is 244 g/mol. The zero-order valence-corrected chi connectivity index (χ0v) is 9.98. The average molecular weight is 244 g/mol. The highest BCUT2D eigenvalue weighted by Crippen LogP contribution is 2.16. The minimum absolute atomic E-state index is 0.262. The van der Waals surface area contributed by atoms with E-state index < -0.39 is 5.97 Å². The van der Waals surface area contributed by atoms with Crippen molar-refractivity contribution in [2.45, 2.75) is 13.3 Å². The Morgan fingerprint density at radius 3 is 2.61 bits per heavy atom. The number of carboxylic acid groups (broad SMARTS) is 1. The van der Waals surface area contributed by atoms with Gasteiger partial charge in [-0.05, 0) is 42.2 Å². The van der Waals surface area contributed by atoms with E-state index in [4.69, 9.17) is 5.11 Å². The maximum absolute atomic E-state index is 13.4. The normalized spacial score (nSPS) is 10.3. The summed E-state index contributed by atoms with van der Waals surface area (Å²) in [6.45, 7) is 1.70. The molecule has 0 heterocycles. The van der Waals surface area contributed by atoms with E-state index in [0.29, 0.717) is 17.5 Å². The van der Waals surface area contributed by atoms with Crippen molar-refractivity contribution in [3.63, 3.8) is 0 Å². The van der Waals surface area contributed by atoms with Gasteiger partial charge in [0.05, 0.1) is 5.56 Å². The van der Waals surface area contributed by atoms with E-state index in [-0.39, 0.29) is 11.4 Å². The first-order valence-electron chi connectivity index (χ1n) is 5.64. The summed E-state index contributed by atoms with van der Waals surface area (Å²) in [5.41, 5.74) is 2.31. The number of aryl methyl sites for hydroxylation is 1. The van der Waals surface area contributed by atoms with E-state index >= 15 is 0 Å². The highest BCUT2D eigenvalue weighted by molar-refractivity contribution is 5.89. The summed E-state index contributed by atoms with van der Waals surface area (Å²) in [5.74, 6) is -1.22. The van der Waals surface area contributed by atoms with E-state index in [1.54, 1.807) is 37.3 Å². The Morgan fingerprint density at radius 1 is 1.22 bits per heavy atom. The summed E-state index contributed by atoms with van der Waals surface area (Å²) < 4.78 is 13.4. The van der Waals surface area contributed by atoms with Gasteiger partial charge in [0.15, 0.2) is 0 Å². The number of rotatable bonds is 3. The van der Waals surface area contributed by atoms with Crippen LogP contribution in [0.1, 0.15) is 27.0 Å². The fourth-order valence-corrected chi connectivity index (χ4v) is 1.85.